The Balaban J connectivity index is 2.68. The maximum absolute atomic E-state index is 9.12. The molecule has 1 aromatic heterocycles. The molecule has 2 N–H and O–H groups in total. The van der Waals surface area contributed by atoms with Gasteiger partial charge in [-0.2, -0.15) is 5.26 Å². The molecular weight excluding hydrogens is 190 g/mol. The molecule has 0 fully saturated rings. The zero-order chi connectivity index (χ0) is 11.3. The summed E-state index contributed by atoms with van der Waals surface area (Å²) in [6, 6.07) is 5.41. The van der Waals surface area contributed by atoms with Crippen molar-refractivity contribution in [3.63, 3.8) is 0 Å². The molecule has 0 aliphatic carbocycles. The van der Waals surface area contributed by atoms with Gasteiger partial charge in [0.25, 0.3) is 0 Å². The highest BCUT2D eigenvalue weighted by Crippen LogP contribution is 2.11. The summed E-state index contributed by atoms with van der Waals surface area (Å²) in [4.78, 5) is 3.94. The second-order valence-corrected chi connectivity index (χ2v) is 3.72. The Bertz CT molecular complexity index is 340. The van der Waals surface area contributed by atoms with Gasteiger partial charge in [0, 0.05) is 0 Å². The number of nitrogens with one attached hydrogen (secondary N) is 1. The molecule has 0 saturated carbocycles. The van der Waals surface area contributed by atoms with Gasteiger partial charge in [-0.15, -0.1) is 0 Å². The molecule has 0 bridgehead atoms. The predicted molar refractivity (Wildman–Crippen MR) is 58.3 cm³/mol. The maximum Gasteiger partial charge on any atom is 0.140 e. The van der Waals surface area contributed by atoms with Crippen molar-refractivity contribution >= 4 is 5.69 Å². The lowest BCUT2D eigenvalue weighted by molar-refractivity contribution is 0.249. The van der Waals surface area contributed by atoms with E-state index in [9.17, 15) is 0 Å². The molecule has 0 aromatic carbocycles. The lowest BCUT2D eigenvalue weighted by Crippen LogP contribution is -2.29. The second kappa shape index (κ2) is 5.32. The molecule has 0 spiro atoms. The van der Waals surface area contributed by atoms with E-state index in [0.717, 1.165) is 5.69 Å². The van der Waals surface area contributed by atoms with Crippen LogP contribution in [0.5, 0.6) is 0 Å². The molecule has 0 amide bonds. The maximum atomic E-state index is 9.12. The molecule has 0 radical (unpaired) electrons. The van der Waals surface area contributed by atoms with Gasteiger partial charge < -0.3 is 10.4 Å². The Morgan fingerprint density at radius 2 is 2.27 bits per heavy atom. The quantitative estimate of drug-likeness (QED) is 0.779. The first-order chi connectivity index (χ1) is 7.17. The average molecular weight is 205 g/mol. The first kappa shape index (κ1) is 11.5. The summed E-state index contributed by atoms with van der Waals surface area (Å²) in [5.41, 5.74) is 1.22. The SMILES string of the molecule is CC(C)C(CO)Nc1ccc(C#N)nc1. The Morgan fingerprint density at radius 1 is 1.53 bits per heavy atom. The van der Waals surface area contributed by atoms with E-state index in [1.54, 1.807) is 18.3 Å². The van der Waals surface area contributed by atoms with Crippen LogP contribution < -0.4 is 5.32 Å². The van der Waals surface area contributed by atoms with Crippen LogP contribution in [0.25, 0.3) is 0 Å². The largest absolute Gasteiger partial charge is 0.394 e. The zero-order valence-corrected chi connectivity index (χ0v) is 8.94. The molecule has 0 aliphatic heterocycles. The van der Waals surface area contributed by atoms with Crippen LogP contribution >= 0.6 is 0 Å². The highest BCUT2D eigenvalue weighted by molar-refractivity contribution is 5.43. The van der Waals surface area contributed by atoms with Gasteiger partial charge in [-0.1, -0.05) is 13.8 Å². The number of pyridine rings is 1. The molecule has 1 atom stereocenters. The van der Waals surface area contributed by atoms with Crippen LogP contribution in [0.3, 0.4) is 0 Å². The highest BCUT2D eigenvalue weighted by Gasteiger charge is 2.11. The minimum Gasteiger partial charge on any atom is -0.394 e. The van der Waals surface area contributed by atoms with E-state index < -0.39 is 0 Å². The van der Waals surface area contributed by atoms with Crippen molar-refractivity contribution in [2.24, 2.45) is 5.92 Å². The summed E-state index contributed by atoms with van der Waals surface area (Å²) in [6.07, 6.45) is 1.60. The van der Waals surface area contributed by atoms with Crippen molar-refractivity contribution in [2.45, 2.75) is 19.9 Å². The Hall–Kier alpha value is -1.60. The van der Waals surface area contributed by atoms with Crippen LogP contribution in [0, 0.1) is 17.2 Å². The van der Waals surface area contributed by atoms with Gasteiger partial charge in [0.2, 0.25) is 0 Å². The van der Waals surface area contributed by atoms with E-state index >= 15 is 0 Å². The van der Waals surface area contributed by atoms with Gasteiger partial charge in [0.15, 0.2) is 0 Å². The normalized spacial score (nSPS) is 12.2. The summed E-state index contributed by atoms with van der Waals surface area (Å²) in [5, 5.41) is 20.9. The fourth-order valence-corrected chi connectivity index (χ4v) is 1.18. The van der Waals surface area contributed by atoms with Crippen LogP contribution in [-0.4, -0.2) is 22.7 Å². The summed E-state index contributed by atoms with van der Waals surface area (Å²) in [6.45, 7) is 4.15. The number of anilines is 1. The average Bonchev–Trinajstić information content (AvgIpc) is 2.26. The topological polar surface area (TPSA) is 68.9 Å². The fraction of sp³-hybridized carbons (Fsp3) is 0.455. The van der Waals surface area contributed by atoms with Gasteiger partial charge >= 0.3 is 0 Å². The lowest BCUT2D eigenvalue weighted by atomic mass is 10.1. The standard InChI is InChI=1S/C11H15N3O/c1-8(2)11(7-15)14-10-4-3-9(5-12)13-6-10/h3-4,6,8,11,14-15H,7H2,1-2H3. The minimum atomic E-state index is 0.0136. The number of nitrogens with zero attached hydrogens (tertiary/aromatic N) is 2. The van der Waals surface area contributed by atoms with E-state index in [2.05, 4.69) is 10.3 Å². The Morgan fingerprint density at radius 3 is 2.67 bits per heavy atom. The summed E-state index contributed by atoms with van der Waals surface area (Å²) in [7, 11) is 0. The molecule has 1 aromatic rings. The monoisotopic (exact) mass is 205 g/mol. The third-order valence-electron chi connectivity index (χ3n) is 2.23. The van der Waals surface area contributed by atoms with Gasteiger partial charge in [0.1, 0.15) is 11.8 Å². The Labute approximate surface area is 89.6 Å². The Kier molecular flexibility index (Phi) is 4.07. The fourth-order valence-electron chi connectivity index (χ4n) is 1.18. The number of aromatic nitrogens is 1. The van der Waals surface area contributed by atoms with Crippen molar-refractivity contribution in [1.29, 1.82) is 5.26 Å². The summed E-state index contributed by atoms with van der Waals surface area (Å²) in [5.74, 6) is 0.339. The van der Waals surface area contributed by atoms with E-state index in [-0.39, 0.29) is 12.6 Å². The number of nitriles is 1. The van der Waals surface area contributed by atoms with E-state index in [4.69, 9.17) is 10.4 Å². The van der Waals surface area contributed by atoms with Crippen LogP contribution in [0.2, 0.25) is 0 Å². The molecule has 15 heavy (non-hydrogen) atoms. The second-order valence-electron chi connectivity index (χ2n) is 3.72. The molecule has 1 unspecified atom stereocenters. The van der Waals surface area contributed by atoms with Gasteiger partial charge in [-0.3, -0.25) is 0 Å². The number of rotatable bonds is 4. The van der Waals surface area contributed by atoms with Crippen molar-refractivity contribution in [3.8, 4) is 6.07 Å². The number of aliphatic hydroxyl groups is 1. The van der Waals surface area contributed by atoms with E-state index in [1.807, 2.05) is 19.9 Å². The lowest BCUT2D eigenvalue weighted by Gasteiger charge is -2.20. The van der Waals surface area contributed by atoms with Gasteiger partial charge in [-0.05, 0) is 18.1 Å². The van der Waals surface area contributed by atoms with Crippen LogP contribution in [-0.2, 0) is 0 Å². The van der Waals surface area contributed by atoms with Crippen molar-refractivity contribution < 1.29 is 5.11 Å². The van der Waals surface area contributed by atoms with Crippen molar-refractivity contribution in [3.05, 3.63) is 24.0 Å². The molecule has 4 nitrogen and oxygen atoms in total. The number of hydrogen-bond acceptors (Lipinski definition) is 4. The van der Waals surface area contributed by atoms with Crippen LogP contribution in [0.1, 0.15) is 19.5 Å². The third-order valence-corrected chi connectivity index (χ3v) is 2.23. The van der Waals surface area contributed by atoms with Crippen molar-refractivity contribution in [1.82, 2.24) is 4.98 Å². The van der Waals surface area contributed by atoms with Crippen LogP contribution in [0.4, 0.5) is 5.69 Å². The minimum absolute atomic E-state index is 0.0136. The molecule has 1 heterocycles. The smallest absolute Gasteiger partial charge is 0.140 e. The molecule has 4 heteroatoms. The summed E-state index contributed by atoms with van der Waals surface area (Å²) < 4.78 is 0. The molecule has 0 aliphatic rings. The molecule has 1 rings (SSSR count). The zero-order valence-electron chi connectivity index (χ0n) is 8.94. The number of aliphatic hydroxyl groups excluding tert-OH is 1. The van der Waals surface area contributed by atoms with E-state index in [0.29, 0.717) is 11.6 Å². The summed E-state index contributed by atoms with van der Waals surface area (Å²) >= 11 is 0. The molecular formula is C11H15N3O. The van der Waals surface area contributed by atoms with E-state index in [1.165, 1.54) is 0 Å². The van der Waals surface area contributed by atoms with Crippen LogP contribution in [0.15, 0.2) is 18.3 Å². The first-order valence-corrected chi connectivity index (χ1v) is 4.91. The highest BCUT2D eigenvalue weighted by atomic mass is 16.3. The van der Waals surface area contributed by atoms with Gasteiger partial charge in [-0.25, -0.2) is 4.98 Å². The predicted octanol–water partition coefficient (Wildman–Crippen LogP) is 1.38. The van der Waals surface area contributed by atoms with Crippen molar-refractivity contribution in [2.75, 3.05) is 11.9 Å². The first-order valence-electron chi connectivity index (χ1n) is 4.91. The number of hydrogen-bond donors (Lipinski definition) is 2. The molecule has 0 saturated heterocycles. The van der Waals surface area contributed by atoms with Gasteiger partial charge in [0.05, 0.1) is 24.5 Å². The third kappa shape index (κ3) is 3.22. The molecule has 80 valence electrons.